The molecule has 0 atom stereocenters. The summed E-state index contributed by atoms with van der Waals surface area (Å²) >= 11 is 0. The van der Waals surface area contributed by atoms with E-state index in [1.807, 2.05) is 0 Å². The molecule has 3 radical (unpaired) electrons. The first-order valence-electron chi connectivity index (χ1n) is 0. The summed E-state index contributed by atoms with van der Waals surface area (Å²) in [4.78, 5) is 0. The predicted molar refractivity (Wildman–Crippen MR) is 60.4 cm³/mol. The van der Waals surface area contributed by atoms with Gasteiger partial charge < -0.3 is 0 Å². The molecule has 0 nitrogen and oxygen atoms in total. The fraction of sp³-hybridized carbons (Fsp3) is 0. The van der Waals surface area contributed by atoms with Gasteiger partial charge in [-0.2, -0.15) is 67.5 Å². The molecule has 0 aromatic heterocycles. The molecule has 8 heavy (non-hydrogen) atoms. The second-order valence-corrected chi connectivity index (χ2v) is 0. The summed E-state index contributed by atoms with van der Waals surface area (Å²) in [7, 11) is 0. The van der Waals surface area contributed by atoms with Crippen molar-refractivity contribution in [2.45, 2.75) is 0 Å². The van der Waals surface area contributed by atoms with E-state index < -0.39 is 0 Å². The molecule has 0 saturated heterocycles. The molecule has 0 aliphatic carbocycles. The maximum atomic E-state index is 0. The average Bonchev–Trinajstić information content (AvgIpc) is 0. The number of rotatable bonds is 0. The van der Waals surface area contributed by atoms with Gasteiger partial charge in [0.25, 0.3) is 0 Å². The van der Waals surface area contributed by atoms with Gasteiger partial charge in [0, 0.05) is 36.5 Å². The van der Waals surface area contributed by atoms with Crippen LogP contribution in [0.1, 0.15) is 0 Å². The predicted octanol–water partition coefficient (Wildman–Crippen LogP) is -0.357. The summed E-state index contributed by atoms with van der Waals surface area (Å²) < 4.78 is 0. The second-order valence-electron chi connectivity index (χ2n) is 0. The van der Waals surface area contributed by atoms with Gasteiger partial charge in [0.05, 0.1) is 0 Å². The van der Waals surface area contributed by atoms with Crippen molar-refractivity contribution in [3.63, 3.8) is 0 Å². The third kappa shape index (κ3) is 53.7. The van der Waals surface area contributed by atoms with Crippen molar-refractivity contribution in [1.82, 2.24) is 0 Å². The van der Waals surface area contributed by atoms with Crippen molar-refractivity contribution in [3.05, 3.63) is 0 Å². The minimum absolute atomic E-state index is 0. The summed E-state index contributed by atoms with van der Waals surface area (Å²) in [5.74, 6) is 0. The molecule has 0 saturated carbocycles. The maximum absolute atomic E-state index is 0. The Labute approximate surface area is 126 Å². The molecule has 0 heterocycles. The summed E-state index contributed by atoms with van der Waals surface area (Å²) in [5.41, 5.74) is 0. The van der Waals surface area contributed by atoms with Crippen LogP contribution in [0.5, 0.6) is 0 Å². The van der Waals surface area contributed by atoms with Gasteiger partial charge in [0.15, 0.2) is 0 Å². The molecule has 59 valence electrons. The molecule has 0 N–H and O–H groups in total. The first-order chi connectivity index (χ1) is 0. The van der Waals surface area contributed by atoms with E-state index in [1.54, 1.807) is 0 Å². The Morgan fingerprint density at radius 2 is 0.500 bits per heavy atom. The molecule has 0 aliphatic rings. The standard InChI is InChI=1S/Cu.5H2S.Sn.Zn.2H/h;5*1H2;;;;. The molecular formula is H12CuS5SnZn. The van der Waals surface area contributed by atoms with Crippen LogP contribution in [0.4, 0.5) is 0 Å². The molecule has 0 aromatic carbocycles. The van der Waals surface area contributed by atoms with E-state index in [1.165, 1.54) is 0 Å². The maximum Gasteiger partial charge on any atom is 0 e. The average molecular weight is 420 g/mol. The normalized spacial score (nSPS) is 0. The zero-order valence-corrected chi connectivity index (χ0v) is 17.2. The smallest absolute Gasteiger partial charge is 0 e. The fourth-order valence-corrected chi connectivity index (χ4v) is 0. The fourth-order valence-electron chi connectivity index (χ4n) is 0. The van der Waals surface area contributed by atoms with Crippen molar-refractivity contribution in [2.24, 2.45) is 0 Å². The van der Waals surface area contributed by atoms with Gasteiger partial charge in [-0.25, -0.2) is 0 Å². The Bertz CT molecular complexity index is 12.4. The zero-order chi connectivity index (χ0) is 0. The number of hydrogen-bond acceptors (Lipinski definition) is 0. The van der Waals surface area contributed by atoms with Crippen molar-refractivity contribution >= 4 is 91.4 Å². The Kier molecular flexibility index (Phi) is 903. The van der Waals surface area contributed by atoms with Crippen LogP contribution in [0.25, 0.3) is 0 Å². The van der Waals surface area contributed by atoms with Gasteiger partial charge in [0.1, 0.15) is 0 Å². The molecule has 0 aliphatic heterocycles. The Morgan fingerprint density at radius 3 is 0.500 bits per heavy atom. The number of hydrogen-bond donors (Lipinski definition) is 0. The second kappa shape index (κ2) is 73.7. The van der Waals surface area contributed by atoms with E-state index in [4.69, 9.17) is 0 Å². The van der Waals surface area contributed by atoms with E-state index in [2.05, 4.69) is 0 Å². The first kappa shape index (κ1) is 98.1. The van der Waals surface area contributed by atoms with E-state index in [-0.39, 0.29) is 128 Å². The van der Waals surface area contributed by atoms with E-state index in [9.17, 15) is 0 Å². The first-order valence-corrected chi connectivity index (χ1v) is 0. The molecule has 0 unspecified atom stereocenters. The molecule has 0 spiro atoms. The van der Waals surface area contributed by atoms with E-state index in [0.29, 0.717) is 0 Å². The summed E-state index contributed by atoms with van der Waals surface area (Å²) in [6.45, 7) is 0. The van der Waals surface area contributed by atoms with Crippen LogP contribution in [-0.4, -0.2) is 23.9 Å². The van der Waals surface area contributed by atoms with Gasteiger partial charge >= 0.3 is 23.9 Å². The van der Waals surface area contributed by atoms with Crippen LogP contribution < -0.4 is 0 Å². The monoisotopic (exact) mass is 419 g/mol. The van der Waals surface area contributed by atoms with Crippen molar-refractivity contribution in [3.8, 4) is 0 Å². The molecule has 0 aromatic rings. The summed E-state index contributed by atoms with van der Waals surface area (Å²) in [6.07, 6.45) is 0. The van der Waals surface area contributed by atoms with Crippen LogP contribution in [0, 0.1) is 0 Å². The largest absolute Gasteiger partial charge is 0 e. The Balaban J connectivity index is 0. The summed E-state index contributed by atoms with van der Waals surface area (Å²) in [5, 5.41) is 0. The molecule has 8 heteroatoms. The quantitative estimate of drug-likeness (QED) is 0.470. The van der Waals surface area contributed by atoms with Crippen molar-refractivity contribution in [1.29, 1.82) is 0 Å². The van der Waals surface area contributed by atoms with Gasteiger partial charge in [-0.1, -0.05) is 0 Å². The third-order valence-electron chi connectivity index (χ3n) is 0. The van der Waals surface area contributed by atoms with Gasteiger partial charge in [-0.15, -0.1) is 0 Å². The minimum Gasteiger partial charge on any atom is 0 e. The van der Waals surface area contributed by atoms with Gasteiger partial charge in [-0.3, -0.25) is 0 Å². The molecule has 0 amide bonds. The van der Waals surface area contributed by atoms with Crippen LogP contribution in [0.15, 0.2) is 0 Å². The minimum atomic E-state index is 0. The summed E-state index contributed by atoms with van der Waals surface area (Å²) in [6, 6.07) is 0. The van der Waals surface area contributed by atoms with Crippen molar-refractivity contribution < 1.29 is 36.5 Å². The van der Waals surface area contributed by atoms with E-state index in [0.717, 1.165) is 0 Å². The van der Waals surface area contributed by atoms with Crippen LogP contribution in [0.3, 0.4) is 0 Å². The molecule has 0 rings (SSSR count). The molecular weight excluding hydrogens is 408 g/mol. The Morgan fingerprint density at radius 1 is 0.500 bits per heavy atom. The molecule has 0 fully saturated rings. The van der Waals surface area contributed by atoms with Crippen LogP contribution in [0.2, 0.25) is 0 Å². The zero-order valence-electron chi connectivity index (χ0n) is 4.22. The van der Waals surface area contributed by atoms with Crippen LogP contribution in [-0.2, 0) is 36.5 Å². The SMILES string of the molecule is S.S.S.S.S.[Cu].[SnH2].[Zn]. The van der Waals surface area contributed by atoms with Gasteiger partial charge in [0.2, 0.25) is 0 Å². The van der Waals surface area contributed by atoms with Gasteiger partial charge in [-0.05, 0) is 0 Å². The van der Waals surface area contributed by atoms with Crippen LogP contribution >= 0.6 is 67.5 Å². The Hall–Kier alpha value is 3.69. The van der Waals surface area contributed by atoms with Crippen molar-refractivity contribution in [2.75, 3.05) is 0 Å². The topological polar surface area (TPSA) is 0 Å². The third-order valence-corrected chi connectivity index (χ3v) is 0. The molecule has 0 bridgehead atoms. The van der Waals surface area contributed by atoms with E-state index >= 15 is 0 Å².